The first kappa shape index (κ1) is 38.9. The summed E-state index contributed by atoms with van der Waals surface area (Å²) in [6, 6.07) is 12.7. The number of ether oxygens (including phenoxy) is 2. The number of para-hydroxylation sites is 1. The molecule has 266 valence electrons. The first-order valence-corrected chi connectivity index (χ1v) is 15.3. The topological polar surface area (TPSA) is 252 Å². The largest absolute Gasteiger partial charge is 0.477 e. The minimum atomic E-state index is -1.25. The van der Waals surface area contributed by atoms with E-state index < -0.39 is 58.7 Å². The van der Waals surface area contributed by atoms with Gasteiger partial charge in [0.15, 0.2) is 0 Å². The Morgan fingerprint density at radius 1 is 1.02 bits per heavy atom. The summed E-state index contributed by atoms with van der Waals surface area (Å²) in [5, 5.41) is 26.4. The van der Waals surface area contributed by atoms with Crippen molar-refractivity contribution in [2.75, 3.05) is 14.2 Å². The van der Waals surface area contributed by atoms with Gasteiger partial charge in [0, 0.05) is 28.1 Å². The van der Waals surface area contributed by atoms with Crippen molar-refractivity contribution < 1.29 is 49.0 Å². The van der Waals surface area contributed by atoms with Crippen molar-refractivity contribution >= 4 is 47.0 Å². The Bertz CT molecular complexity index is 1770. The number of nitrogens with zero attached hydrogens (tertiary/aromatic N) is 2. The third-order valence-electron chi connectivity index (χ3n) is 8.33. The molecule has 3 aliphatic rings. The number of benzene rings is 2. The first-order chi connectivity index (χ1) is 23.2. The van der Waals surface area contributed by atoms with Crippen LogP contribution in [0.3, 0.4) is 0 Å². The van der Waals surface area contributed by atoms with Gasteiger partial charge in [0.05, 0.1) is 42.2 Å². The maximum absolute atomic E-state index is 12.3. The number of hydrogen-bond donors (Lipinski definition) is 4. The predicted octanol–water partition coefficient (Wildman–Crippen LogP) is 2.06. The van der Waals surface area contributed by atoms with E-state index in [9.17, 15) is 39.2 Å². The number of nitrogens with one attached hydrogen (secondary N) is 2. The van der Waals surface area contributed by atoms with Crippen LogP contribution in [0.1, 0.15) is 49.8 Å². The second kappa shape index (κ2) is 16.2. The molecule has 0 aliphatic carbocycles. The number of allylic oxidation sites excluding steroid dienone is 3. The number of β-lactam (4-membered cyclic amide) rings is 1. The van der Waals surface area contributed by atoms with Crippen molar-refractivity contribution in [2.24, 2.45) is 5.73 Å². The van der Waals surface area contributed by atoms with Gasteiger partial charge < -0.3 is 36.4 Å². The van der Waals surface area contributed by atoms with E-state index in [0.717, 1.165) is 4.90 Å². The van der Waals surface area contributed by atoms with Gasteiger partial charge in [0.25, 0.3) is 11.6 Å². The van der Waals surface area contributed by atoms with E-state index in [4.69, 9.17) is 26.8 Å². The summed E-state index contributed by atoms with van der Waals surface area (Å²) in [7, 11) is 2.42. The summed E-state index contributed by atoms with van der Waals surface area (Å²) >= 11 is 5.92. The van der Waals surface area contributed by atoms with Gasteiger partial charge >= 0.3 is 17.9 Å². The molecule has 0 unspecified atom stereocenters. The molecule has 1 saturated heterocycles. The van der Waals surface area contributed by atoms with Crippen molar-refractivity contribution in [3.63, 3.8) is 0 Å². The number of carbonyl (C=O) groups excluding carboxylic acids is 4. The highest BCUT2D eigenvalue weighted by atomic mass is 35.5. The predicted molar refractivity (Wildman–Crippen MR) is 178 cm³/mol. The van der Waals surface area contributed by atoms with Gasteiger partial charge in [-0.15, -0.1) is 0 Å². The summed E-state index contributed by atoms with van der Waals surface area (Å²) in [6.07, 6.45) is 0.849. The molecule has 2 aromatic carbocycles. The second-order valence-electron chi connectivity index (χ2n) is 11.2. The van der Waals surface area contributed by atoms with Crippen molar-refractivity contribution in [1.82, 2.24) is 15.5 Å². The van der Waals surface area contributed by atoms with Gasteiger partial charge in [-0.25, -0.2) is 14.4 Å². The first-order valence-electron chi connectivity index (χ1n) is 14.9. The molecule has 0 aromatic heterocycles. The number of methoxy groups -OCH3 is 2. The van der Waals surface area contributed by atoms with Crippen LogP contribution in [0.4, 0.5) is 5.69 Å². The number of hydrogen-bond acceptors (Lipinski definition) is 11. The van der Waals surface area contributed by atoms with Crippen LogP contribution >= 0.6 is 11.6 Å². The Labute approximate surface area is 291 Å². The molecule has 0 saturated carbocycles. The van der Waals surface area contributed by atoms with Crippen LogP contribution in [0, 0.1) is 10.1 Å². The molecule has 3 heterocycles. The highest BCUT2D eigenvalue weighted by Crippen LogP contribution is 2.42. The number of nitro groups is 1. The maximum atomic E-state index is 12.3. The van der Waals surface area contributed by atoms with E-state index >= 15 is 0 Å². The van der Waals surface area contributed by atoms with Gasteiger partial charge in [-0.2, -0.15) is 0 Å². The fourth-order valence-corrected chi connectivity index (χ4v) is 6.32. The lowest BCUT2D eigenvalue weighted by Crippen LogP contribution is -2.72. The van der Waals surface area contributed by atoms with E-state index in [0.29, 0.717) is 29.8 Å². The molecule has 3 aliphatic heterocycles. The number of fused-ring (bicyclic) bond motifs is 1. The van der Waals surface area contributed by atoms with Gasteiger partial charge in [0.1, 0.15) is 17.8 Å². The van der Waals surface area contributed by atoms with Gasteiger partial charge in [0.2, 0.25) is 5.91 Å². The van der Waals surface area contributed by atoms with Crippen LogP contribution in [-0.2, 0) is 33.4 Å². The van der Waals surface area contributed by atoms with E-state index in [1.807, 2.05) is 6.07 Å². The molecule has 3 atom stereocenters. The lowest BCUT2D eigenvalue weighted by atomic mass is 9.79. The smallest absolute Gasteiger partial charge is 0.353 e. The van der Waals surface area contributed by atoms with Crippen molar-refractivity contribution in [2.45, 2.75) is 50.7 Å². The Hall–Kier alpha value is -5.58. The quantitative estimate of drug-likeness (QED) is 0.133. The SMILES string of the molecule is COC(=O)C1=C(C)NC(C)=C(C(=O)OC)C1c1ccccc1[N+](=O)[O-].N[C@@H](C(=O)N[C@@H]1C(=O)N2C(C(=O)O)=C(Cl)CC[C@H]12)c1ccccc1.O. The highest BCUT2D eigenvalue weighted by molar-refractivity contribution is 6.32. The normalized spacial score (nSPS) is 19.0. The molecule has 16 nitrogen and oxygen atoms in total. The number of aliphatic carboxylic acids is 1. The number of amides is 2. The van der Waals surface area contributed by atoms with Crippen molar-refractivity contribution in [1.29, 1.82) is 0 Å². The minimum Gasteiger partial charge on any atom is -0.477 e. The number of esters is 2. The molecule has 0 radical (unpaired) electrons. The van der Waals surface area contributed by atoms with Crippen molar-refractivity contribution in [3.05, 3.63) is 109 Å². The fraction of sp³-hybridized carbons (Fsp3) is 0.303. The lowest BCUT2D eigenvalue weighted by molar-refractivity contribution is -0.385. The van der Waals surface area contributed by atoms with Gasteiger partial charge in [-0.3, -0.25) is 24.6 Å². The average molecular weight is 714 g/mol. The summed E-state index contributed by atoms with van der Waals surface area (Å²) in [5.41, 5.74) is 7.54. The van der Waals surface area contributed by atoms with Crippen LogP contribution in [-0.4, -0.2) is 76.4 Å². The van der Waals surface area contributed by atoms with Crippen molar-refractivity contribution in [3.8, 4) is 0 Å². The molecule has 2 aromatic rings. The molecule has 17 heteroatoms. The number of dihydropyridines is 1. The number of carboxylic acid groups (broad SMARTS) is 1. The zero-order chi connectivity index (χ0) is 36.2. The van der Waals surface area contributed by atoms with Crippen LogP contribution in [0.2, 0.25) is 0 Å². The number of carbonyl (C=O) groups is 5. The Morgan fingerprint density at radius 3 is 2.08 bits per heavy atom. The third-order valence-corrected chi connectivity index (χ3v) is 8.70. The Balaban J connectivity index is 0.000000265. The monoisotopic (exact) mass is 713 g/mol. The standard InChI is InChI=1S/C17H18N2O6.C16H16ClN3O4.H2O/c1-9-13(16(20)24-3)15(14(10(2)18-9)17(21)25-4)11-7-5-6-8-12(11)19(22)23;17-9-6-7-10-12(15(22)20(10)13(9)16(23)24)19-14(21)11(18)8-4-2-1-3-5-8;/h5-8,15,18H,1-4H3;1-5,10-12H,6-7,18H2,(H,19,21)(H,23,24);1H2/t;10-,11-,12+;/m.1./s1. The van der Waals surface area contributed by atoms with E-state index in [1.165, 1.54) is 32.4 Å². The van der Waals surface area contributed by atoms with Crippen LogP contribution in [0.25, 0.3) is 0 Å². The maximum Gasteiger partial charge on any atom is 0.353 e. The lowest BCUT2D eigenvalue weighted by Gasteiger charge is -2.49. The summed E-state index contributed by atoms with van der Waals surface area (Å²) in [5.74, 6) is -4.53. The number of halogens is 1. The number of nitro benzene ring substituents is 1. The molecular formula is C33H36ClN5O11. The number of rotatable bonds is 8. The molecule has 0 bridgehead atoms. The van der Waals surface area contributed by atoms with E-state index in [1.54, 1.807) is 44.2 Å². The van der Waals surface area contributed by atoms with Gasteiger partial charge in [-0.05, 0) is 32.3 Å². The minimum absolute atomic E-state index is 0. The number of nitrogens with two attached hydrogens (primary N) is 1. The molecule has 0 spiro atoms. The van der Waals surface area contributed by atoms with Crippen LogP contribution < -0.4 is 16.4 Å². The van der Waals surface area contributed by atoms with Gasteiger partial charge in [-0.1, -0.05) is 60.1 Å². The molecule has 1 fully saturated rings. The van der Waals surface area contributed by atoms with Crippen LogP contribution in [0.15, 0.2) is 87.9 Å². The summed E-state index contributed by atoms with van der Waals surface area (Å²) < 4.78 is 9.66. The van der Waals surface area contributed by atoms with E-state index in [2.05, 4.69) is 10.6 Å². The van der Waals surface area contributed by atoms with E-state index in [-0.39, 0.29) is 38.6 Å². The fourth-order valence-electron chi connectivity index (χ4n) is 6.04. The van der Waals surface area contributed by atoms with Crippen LogP contribution in [0.5, 0.6) is 0 Å². The Kier molecular flexibility index (Phi) is 12.6. The molecule has 7 N–H and O–H groups in total. The zero-order valence-electron chi connectivity index (χ0n) is 27.4. The highest BCUT2D eigenvalue weighted by Gasteiger charge is 2.53. The summed E-state index contributed by atoms with van der Waals surface area (Å²) in [4.78, 5) is 72.6. The molecular weight excluding hydrogens is 678 g/mol. The molecule has 5 rings (SSSR count). The Morgan fingerprint density at radius 2 is 1.56 bits per heavy atom. The zero-order valence-corrected chi connectivity index (χ0v) is 28.1. The summed E-state index contributed by atoms with van der Waals surface area (Å²) in [6.45, 7) is 3.29. The number of carboxylic acids is 1. The molecule has 50 heavy (non-hydrogen) atoms. The molecule has 2 amide bonds. The second-order valence-corrected chi connectivity index (χ2v) is 11.6. The average Bonchev–Trinajstić information content (AvgIpc) is 3.09. The third kappa shape index (κ3) is 7.51.